The zero-order valence-electron chi connectivity index (χ0n) is 30.8. The van der Waals surface area contributed by atoms with Gasteiger partial charge in [-0.05, 0) is 48.2 Å². The van der Waals surface area contributed by atoms with Crippen LogP contribution in [0.15, 0.2) is 60.7 Å². The topological polar surface area (TPSA) is 144 Å². The third kappa shape index (κ3) is 7.42. The number of aliphatic hydroxyl groups is 1. The van der Waals surface area contributed by atoms with Crippen LogP contribution < -0.4 is 10.0 Å². The van der Waals surface area contributed by atoms with Crippen LogP contribution in [0.25, 0.3) is 22.0 Å². The van der Waals surface area contributed by atoms with Gasteiger partial charge in [0, 0.05) is 29.7 Å². The van der Waals surface area contributed by atoms with Crippen molar-refractivity contribution >= 4 is 44.3 Å². The van der Waals surface area contributed by atoms with E-state index in [1.165, 1.54) is 60.3 Å². The van der Waals surface area contributed by atoms with Crippen molar-refractivity contribution in [2.45, 2.75) is 61.6 Å². The number of amides is 1. The summed E-state index contributed by atoms with van der Waals surface area (Å²) in [6.45, 7) is -0.937. The summed E-state index contributed by atoms with van der Waals surface area (Å²) in [6.07, 6.45) is -1.73. The average Bonchev–Trinajstić information content (AvgIpc) is 3.67. The summed E-state index contributed by atoms with van der Waals surface area (Å²) in [5.41, 5.74) is -2.90. The van der Waals surface area contributed by atoms with Crippen molar-refractivity contribution in [3.63, 3.8) is 0 Å². The number of hydrogen-bond donors (Lipinski definition) is 3. The minimum atomic E-state index is -3.85. The minimum absolute atomic E-state index is 0.00863. The summed E-state index contributed by atoms with van der Waals surface area (Å²) < 4.78 is 130. The molecule has 3 aliphatic carbocycles. The molecule has 0 unspecified atom stereocenters. The molecule has 20 heteroatoms. The number of halogens is 8. The third-order valence-corrected chi connectivity index (χ3v) is 11.3. The Morgan fingerprint density at radius 3 is 2.42 bits per heavy atom. The van der Waals surface area contributed by atoms with Crippen molar-refractivity contribution in [2.24, 2.45) is 13.0 Å². The Kier molecular flexibility index (Phi) is 9.63. The van der Waals surface area contributed by atoms with Crippen molar-refractivity contribution in [1.82, 2.24) is 29.9 Å². The number of aryl methyl sites for hydroxylation is 1. The molecule has 3 atom stereocenters. The number of alkyl halides is 6. The fourth-order valence-electron chi connectivity index (χ4n) is 8.01. The normalized spacial score (nSPS) is 19.9. The number of aromatic nitrogens is 5. The lowest BCUT2D eigenvalue weighted by molar-refractivity contribution is -0.176. The Labute approximate surface area is 336 Å². The highest BCUT2D eigenvalue weighted by Crippen LogP contribution is 2.60. The number of nitrogens with zero attached hydrogens (tertiary/aromatic N) is 5. The molecule has 1 fully saturated rings. The third-order valence-electron chi connectivity index (χ3n) is 10.5. The molecule has 1 saturated carbocycles. The number of fused-ring (bicyclic) bond motifs is 4. The first kappa shape index (κ1) is 40.3. The van der Waals surface area contributed by atoms with Crippen LogP contribution in [-0.2, 0) is 40.8 Å². The lowest BCUT2D eigenvalue weighted by Crippen LogP contribution is -2.50. The Hall–Kier alpha value is -5.45. The molecule has 0 radical (unpaired) electrons. The quantitative estimate of drug-likeness (QED) is 0.0786. The van der Waals surface area contributed by atoms with E-state index in [-0.39, 0.29) is 50.7 Å². The molecule has 308 valence electrons. The van der Waals surface area contributed by atoms with E-state index < -0.39 is 94.3 Å². The maximum Gasteiger partial charge on any atom is 0.296 e. The second-order valence-electron chi connectivity index (χ2n) is 14.9. The van der Waals surface area contributed by atoms with Gasteiger partial charge in [0.1, 0.15) is 35.0 Å². The predicted octanol–water partition coefficient (Wildman–Crippen LogP) is 6.92. The molecule has 8 rings (SSSR count). The van der Waals surface area contributed by atoms with E-state index in [0.717, 1.165) is 6.26 Å². The van der Waals surface area contributed by atoms with E-state index in [1.54, 1.807) is 12.1 Å². The standard InChI is InChI=1S/C39H31ClF7N7O4S/c1-53-33-23(9-11-26(40)30(33)36(51-53)52-59(2,57)58)22-7-6-21(12-13-37(56)17-38(44,45)18-37)48-31(22)27(15-19-4-3-5-20(41)14-19)49-28(55)16-54-34-29(32(50-54)35(42)43)24-8-10-25(24)39(34,46)47/h3-11,14,24-25,27,35,56H,15-18H2,1-2H3,(H,49,55)(H,51,52)/t24-,25+,27-/m0/s1. The van der Waals surface area contributed by atoms with Gasteiger partial charge < -0.3 is 10.4 Å². The summed E-state index contributed by atoms with van der Waals surface area (Å²) in [7, 11) is -2.34. The molecule has 0 spiro atoms. The van der Waals surface area contributed by atoms with Gasteiger partial charge in [0.15, 0.2) is 5.82 Å². The zero-order chi connectivity index (χ0) is 42.4. The number of carbonyl (C=O) groups excluding carboxylic acids is 1. The van der Waals surface area contributed by atoms with Gasteiger partial charge in [-0.1, -0.05) is 47.9 Å². The van der Waals surface area contributed by atoms with Crippen LogP contribution in [0.3, 0.4) is 0 Å². The van der Waals surface area contributed by atoms with Gasteiger partial charge in [0.25, 0.3) is 18.3 Å². The first-order valence-corrected chi connectivity index (χ1v) is 20.2. The summed E-state index contributed by atoms with van der Waals surface area (Å²) in [5, 5.41) is 21.6. The number of rotatable bonds is 10. The predicted molar refractivity (Wildman–Crippen MR) is 201 cm³/mol. The van der Waals surface area contributed by atoms with Gasteiger partial charge in [0.05, 0.1) is 52.7 Å². The Morgan fingerprint density at radius 2 is 1.78 bits per heavy atom. The second-order valence-corrected chi connectivity index (χ2v) is 17.1. The Balaban J connectivity index is 1.26. The van der Waals surface area contributed by atoms with Crippen LogP contribution in [0.1, 0.15) is 65.1 Å². The van der Waals surface area contributed by atoms with Crippen molar-refractivity contribution in [3.8, 4) is 23.0 Å². The fourth-order valence-corrected chi connectivity index (χ4v) is 8.74. The molecule has 11 nitrogen and oxygen atoms in total. The molecule has 3 N–H and O–H groups in total. The van der Waals surface area contributed by atoms with E-state index >= 15 is 8.78 Å². The molecule has 3 aliphatic rings. The SMILES string of the molecule is Cn1nc(NS(C)(=O)=O)c2c(Cl)ccc(-c3ccc(C#CC4(O)CC(F)(F)C4)nc3[C@H](Cc3cccc(F)c3)NC(=O)Cn3nc(C(F)F)c4c3C(F)(F)[C@@H]3C=C[C@H]43)c21. The molecule has 59 heavy (non-hydrogen) atoms. The minimum Gasteiger partial charge on any atom is -0.377 e. The molecule has 1 amide bonds. The van der Waals surface area contributed by atoms with Gasteiger partial charge >= 0.3 is 0 Å². The maximum absolute atomic E-state index is 15.6. The summed E-state index contributed by atoms with van der Waals surface area (Å²) in [6, 6.07) is 9.97. The number of carbonyl (C=O) groups is 1. The second kappa shape index (κ2) is 14.1. The number of anilines is 1. The first-order chi connectivity index (χ1) is 27.6. The van der Waals surface area contributed by atoms with Crippen LogP contribution in [-0.4, -0.2) is 61.8 Å². The molecule has 2 aromatic carbocycles. The summed E-state index contributed by atoms with van der Waals surface area (Å²) >= 11 is 6.58. The number of pyridine rings is 1. The molecule has 0 aliphatic heterocycles. The van der Waals surface area contributed by atoms with Crippen LogP contribution in [0, 0.1) is 23.6 Å². The van der Waals surface area contributed by atoms with Crippen molar-refractivity contribution in [3.05, 3.63) is 105 Å². The van der Waals surface area contributed by atoms with Crippen LogP contribution in [0.5, 0.6) is 0 Å². The monoisotopic (exact) mass is 861 g/mol. The molecule has 5 aromatic rings. The molecule has 3 aromatic heterocycles. The lowest BCUT2D eigenvalue weighted by Gasteiger charge is -2.39. The number of nitrogens with one attached hydrogen (secondary N) is 2. The van der Waals surface area contributed by atoms with E-state index in [0.29, 0.717) is 15.8 Å². The Bertz CT molecular complexity index is 2770. The number of benzene rings is 2. The van der Waals surface area contributed by atoms with Gasteiger partial charge in [-0.25, -0.2) is 35.4 Å². The smallest absolute Gasteiger partial charge is 0.296 e. The summed E-state index contributed by atoms with van der Waals surface area (Å²) in [4.78, 5) is 18.7. The van der Waals surface area contributed by atoms with Crippen LogP contribution in [0.2, 0.25) is 5.02 Å². The zero-order valence-corrected chi connectivity index (χ0v) is 32.3. The summed E-state index contributed by atoms with van der Waals surface area (Å²) in [5.74, 6) is -5.79. The number of sulfonamides is 1. The average molecular weight is 862 g/mol. The number of hydrogen-bond acceptors (Lipinski definition) is 7. The molecular formula is C39H31ClF7N7O4S. The van der Waals surface area contributed by atoms with Crippen LogP contribution in [0.4, 0.5) is 36.6 Å². The van der Waals surface area contributed by atoms with E-state index in [4.69, 9.17) is 11.6 Å². The maximum atomic E-state index is 15.6. The molecule has 0 saturated heterocycles. The van der Waals surface area contributed by atoms with Gasteiger partial charge in [-0.3, -0.25) is 18.9 Å². The van der Waals surface area contributed by atoms with Crippen molar-refractivity contribution in [2.75, 3.05) is 11.0 Å². The molecule has 0 bridgehead atoms. The molecular weight excluding hydrogens is 831 g/mol. The van der Waals surface area contributed by atoms with Crippen LogP contribution >= 0.6 is 11.6 Å². The first-order valence-electron chi connectivity index (χ1n) is 17.9. The van der Waals surface area contributed by atoms with Crippen molar-refractivity contribution < 1.29 is 49.1 Å². The fraction of sp³-hybridized carbons (Fsp3) is 0.333. The Morgan fingerprint density at radius 1 is 1.05 bits per heavy atom. The highest BCUT2D eigenvalue weighted by atomic mass is 35.5. The largest absolute Gasteiger partial charge is 0.377 e. The van der Waals surface area contributed by atoms with E-state index in [9.17, 15) is 40.3 Å². The van der Waals surface area contributed by atoms with E-state index in [2.05, 4.69) is 37.1 Å². The van der Waals surface area contributed by atoms with Crippen molar-refractivity contribution in [1.29, 1.82) is 0 Å². The van der Waals surface area contributed by atoms with Gasteiger partial charge in [-0.2, -0.15) is 19.0 Å². The highest BCUT2D eigenvalue weighted by molar-refractivity contribution is 7.92. The highest BCUT2D eigenvalue weighted by Gasteiger charge is 2.60. The van der Waals surface area contributed by atoms with Gasteiger partial charge in [0.2, 0.25) is 15.9 Å². The molecule has 3 heterocycles. The van der Waals surface area contributed by atoms with E-state index in [1.807, 2.05) is 0 Å². The van der Waals surface area contributed by atoms with Gasteiger partial charge in [-0.15, -0.1) is 0 Å². The lowest BCUT2D eigenvalue weighted by atomic mass is 9.77. The number of allylic oxidation sites excluding steroid dienone is 2.